The van der Waals surface area contributed by atoms with Gasteiger partial charge in [-0.15, -0.1) is 11.3 Å². The molecule has 0 saturated carbocycles. The molecule has 1 heterocycles. The number of nitrogens with one attached hydrogen (secondary N) is 1. The first-order valence-electron chi connectivity index (χ1n) is 6.13. The average Bonchev–Trinajstić information content (AvgIpc) is 2.62. The van der Waals surface area contributed by atoms with Crippen molar-refractivity contribution in [3.63, 3.8) is 0 Å². The maximum Gasteiger partial charge on any atom is 0.0761 e. The second kappa shape index (κ2) is 6.08. The van der Waals surface area contributed by atoms with E-state index in [1.807, 2.05) is 7.05 Å². The Kier molecular flexibility index (Phi) is 4.88. The predicted molar refractivity (Wildman–Crippen MR) is 91.3 cm³/mol. The van der Waals surface area contributed by atoms with Crippen LogP contribution < -0.4 is 5.32 Å². The van der Waals surface area contributed by atoms with Gasteiger partial charge < -0.3 is 5.32 Å². The van der Waals surface area contributed by atoms with Crippen LogP contribution in [0.4, 0.5) is 0 Å². The predicted octanol–water partition coefficient (Wildman–Crippen LogP) is 5.51. The lowest BCUT2D eigenvalue weighted by Gasteiger charge is -2.21. The summed E-state index contributed by atoms with van der Waals surface area (Å²) >= 11 is 8.95. The second-order valence-electron chi connectivity index (χ2n) is 4.81. The number of hydrogen-bond donors (Lipinski definition) is 1. The van der Waals surface area contributed by atoms with Crippen molar-refractivity contribution < 1.29 is 0 Å². The van der Waals surface area contributed by atoms with Gasteiger partial charge in [0.15, 0.2) is 0 Å². The lowest BCUT2D eigenvalue weighted by atomic mass is 9.91. The average molecular weight is 403 g/mol. The Labute approximate surface area is 135 Å². The van der Waals surface area contributed by atoms with Gasteiger partial charge in [0.25, 0.3) is 0 Å². The monoisotopic (exact) mass is 401 g/mol. The highest BCUT2D eigenvalue weighted by atomic mass is 79.9. The van der Waals surface area contributed by atoms with E-state index in [1.54, 1.807) is 11.3 Å². The first-order chi connectivity index (χ1) is 8.93. The van der Waals surface area contributed by atoms with Gasteiger partial charge in [-0.2, -0.15) is 0 Å². The molecule has 1 N–H and O–H groups in total. The molecule has 0 spiro atoms. The van der Waals surface area contributed by atoms with Crippen LogP contribution >= 0.6 is 43.2 Å². The fourth-order valence-electron chi connectivity index (χ4n) is 2.65. The van der Waals surface area contributed by atoms with Crippen molar-refractivity contribution in [3.8, 4) is 0 Å². The fourth-order valence-corrected chi connectivity index (χ4v) is 5.55. The van der Waals surface area contributed by atoms with Gasteiger partial charge in [-0.1, -0.05) is 17.7 Å². The highest BCUT2D eigenvalue weighted by Crippen LogP contribution is 2.39. The molecule has 0 saturated heterocycles. The van der Waals surface area contributed by atoms with Crippen LogP contribution in [0.3, 0.4) is 0 Å². The number of aryl methyl sites for hydroxylation is 3. The summed E-state index contributed by atoms with van der Waals surface area (Å²) in [5.74, 6) is 0. The summed E-state index contributed by atoms with van der Waals surface area (Å²) in [7, 11) is 2.02. The lowest BCUT2D eigenvalue weighted by molar-refractivity contribution is 0.683. The van der Waals surface area contributed by atoms with E-state index in [4.69, 9.17) is 0 Å². The van der Waals surface area contributed by atoms with Crippen molar-refractivity contribution in [1.82, 2.24) is 5.32 Å². The quantitative estimate of drug-likeness (QED) is 0.713. The van der Waals surface area contributed by atoms with Crippen molar-refractivity contribution >= 4 is 43.2 Å². The van der Waals surface area contributed by atoms with Crippen molar-refractivity contribution in [2.75, 3.05) is 7.05 Å². The lowest BCUT2D eigenvalue weighted by Crippen LogP contribution is -2.19. The van der Waals surface area contributed by atoms with E-state index in [9.17, 15) is 0 Å². The van der Waals surface area contributed by atoms with Gasteiger partial charge in [-0.3, -0.25) is 0 Å². The Bertz CT molecular complexity index is 581. The van der Waals surface area contributed by atoms with Crippen LogP contribution in [0.1, 0.15) is 33.9 Å². The summed E-state index contributed by atoms with van der Waals surface area (Å²) < 4.78 is 2.33. The number of benzene rings is 1. The van der Waals surface area contributed by atoms with E-state index in [-0.39, 0.29) is 6.04 Å². The molecule has 1 aromatic carbocycles. The highest BCUT2D eigenvalue weighted by Gasteiger charge is 2.21. The summed E-state index contributed by atoms with van der Waals surface area (Å²) in [6, 6.07) is 6.91. The Morgan fingerprint density at radius 3 is 2.05 bits per heavy atom. The molecule has 0 amide bonds. The third kappa shape index (κ3) is 3.13. The fraction of sp³-hybridized carbons (Fsp3) is 0.333. The minimum Gasteiger partial charge on any atom is -0.309 e. The molecule has 19 heavy (non-hydrogen) atoms. The molecule has 0 aliphatic carbocycles. The zero-order valence-corrected chi connectivity index (χ0v) is 15.5. The van der Waals surface area contributed by atoms with Gasteiger partial charge in [0.1, 0.15) is 0 Å². The van der Waals surface area contributed by atoms with Crippen LogP contribution in [0.25, 0.3) is 0 Å². The summed E-state index contributed by atoms with van der Waals surface area (Å²) in [5, 5.41) is 3.45. The minimum atomic E-state index is 0.220. The molecule has 1 atom stereocenters. The molecular formula is C15H17Br2NS. The van der Waals surface area contributed by atoms with Gasteiger partial charge in [0.05, 0.1) is 13.6 Å². The molecule has 102 valence electrons. The zero-order valence-electron chi connectivity index (χ0n) is 11.5. The molecule has 0 aliphatic rings. The van der Waals surface area contributed by atoms with E-state index in [2.05, 4.69) is 76.1 Å². The van der Waals surface area contributed by atoms with E-state index in [0.717, 1.165) is 3.79 Å². The summed E-state index contributed by atoms with van der Waals surface area (Å²) in [6.45, 7) is 6.53. The molecule has 1 nitrogen and oxygen atoms in total. The highest BCUT2D eigenvalue weighted by molar-refractivity contribution is 9.12. The third-order valence-electron chi connectivity index (χ3n) is 3.31. The SMILES string of the molecule is CNC(c1cc(Br)sc1Br)c1c(C)cc(C)cc1C. The van der Waals surface area contributed by atoms with Crippen LogP contribution in [0.5, 0.6) is 0 Å². The van der Waals surface area contributed by atoms with Crippen LogP contribution in [0.15, 0.2) is 25.8 Å². The summed E-state index contributed by atoms with van der Waals surface area (Å²) in [4.78, 5) is 0. The molecule has 1 unspecified atom stereocenters. The maximum atomic E-state index is 3.67. The minimum absolute atomic E-state index is 0.220. The molecule has 0 aliphatic heterocycles. The van der Waals surface area contributed by atoms with Crippen LogP contribution in [-0.4, -0.2) is 7.05 Å². The number of rotatable bonds is 3. The Morgan fingerprint density at radius 1 is 1.05 bits per heavy atom. The molecule has 2 rings (SSSR count). The van der Waals surface area contributed by atoms with Crippen molar-refractivity contribution in [2.24, 2.45) is 0 Å². The zero-order chi connectivity index (χ0) is 14.2. The Morgan fingerprint density at radius 2 is 1.63 bits per heavy atom. The van der Waals surface area contributed by atoms with Gasteiger partial charge in [-0.25, -0.2) is 0 Å². The molecular weight excluding hydrogens is 386 g/mol. The number of halogens is 2. The summed E-state index contributed by atoms with van der Waals surface area (Å²) in [5.41, 5.74) is 6.66. The molecule has 0 bridgehead atoms. The number of hydrogen-bond acceptors (Lipinski definition) is 2. The van der Waals surface area contributed by atoms with E-state index in [1.165, 1.54) is 31.6 Å². The standard InChI is InChI=1S/C15H17Br2NS/c1-8-5-9(2)13(10(3)6-8)14(18-4)11-7-12(16)19-15(11)17/h5-7,14,18H,1-4H3. The number of thiophene rings is 1. The first-order valence-corrected chi connectivity index (χ1v) is 8.54. The topological polar surface area (TPSA) is 12.0 Å². The van der Waals surface area contributed by atoms with Crippen LogP contribution in [0.2, 0.25) is 0 Å². The van der Waals surface area contributed by atoms with Gasteiger partial charge in [0.2, 0.25) is 0 Å². The Balaban J connectivity index is 2.57. The summed E-state index contributed by atoms with van der Waals surface area (Å²) in [6.07, 6.45) is 0. The van der Waals surface area contributed by atoms with E-state index < -0.39 is 0 Å². The van der Waals surface area contributed by atoms with Crippen LogP contribution in [-0.2, 0) is 0 Å². The molecule has 2 aromatic rings. The smallest absolute Gasteiger partial charge is 0.0761 e. The molecule has 4 heteroatoms. The van der Waals surface area contributed by atoms with Gasteiger partial charge >= 0.3 is 0 Å². The van der Waals surface area contributed by atoms with Gasteiger partial charge in [-0.05, 0) is 88.0 Å². The molecule has 0 fully saturated rings. The van der Waals surface area contributed by atoms with E-state index >= 15 is 0 Å². The molecule has 1 aromatic heterocycles. The Hall–Kier alpha value is -0.160. The van der Waals surface area contributed by atoms with Gasteiger partial charge in [0, 0.05) is 0 Å². The second-order valence-corrected chi connectivity index (χ2v) is 8.56. The normalized spacial score (nSPS) is 12.7. The third-order valence-corrected chi connectivity index (χ3v) is 5.70. The van der Waals surface area contributed by atoms with Crippen LogP contribution in [0, 0.1) is 20.8 Å². The van der Waals surface area contributed by atoms with Crippen molar-refractivity contribution in [2.45, 2.75) is 26.8 Å². The van der Waals surface area contributed by atoms with E-state index in [0.29, 0.717) is 0 Å². The largest absolute Gasteiger partial charge is 0.309 e. The maximum absolute atomic E-state index is 3.67. The molecule has 0 radical (unpaired) electrons. The van der Waals surface area contributed by atoms with Crippen molar-refractivity contribution in [1.29, 1.82) is 0 Å². The first kappa shape index (κ1) is 15.2. The van der Waals surface area contributed by atoms with Crippen molar-refractivity contribution in [3.05, 3.63) is 53.6 Å².